The maximum Gasteiger partial charge on any atom is 0.151 e. The highest BCUT2D eigenvalue weighted by atomic mass is 79.9. The van der Waals surface area contributed by atoms with Crippen LogP contribution in [-0.4, -0.2) is 24.9 Å². The smallest absolute Gasteiger partial charge is 0.151 e. The number of rotatable bonds is 2. The Bertz CT molecular complexity index is 896. The molecule has 0 saturated carbocycles. The Morgan fingerprint density at radius 2 is 1.88 bits per heavy atom. The highest BCUT2D eigenvalue weighted by molar-refractivity contribution is 9.10. The number of pyridine rings is 2. The van der Waals surface area contributed by atoms with E-state index in [1.54, 1.807) is 6.20 Å². The molecule has 3 aromatic heterocycles. The van der Waals surface area contributed by atoms with E-state index in [0.717, 1.165) is 17.0 Å². The van der Waals surface area contributed by atoms with Crippen molar-refractivity contribution in [2.75, 3.05) is 0 Å². The summed E-state index contributed by atoms with van der Waals surface area (Å²) in [6, 6.07) is 9.49. The van der Waals surface area contributed by atoms with Gasteiger partial charge in [0.15, 0.2) is 5.82 Å². The Kier molecular flexibility index (Phi) is 4.17. The molecule has 124 valence electrons. The zero-order chi connectivity index (χ0) is 17.5. The molecule has 3 rings (SSSR count). The van der Waals surface area contributed by atoms with Crippen molar-refractivity contribution in [2.24, 2.45) is 0 Å². The van der Waals surface area contributed by atoms with E-state index in [9.17, 15) is 5.21 Å². The van der Waals surface area contributed by atoms with Crippen molar-refractivity contribution in [3.63, 3.8) is 0 Å². The lowest BCUT2D eigenvalue weighted by Gasteiger charge is -2.16. The van der Waals surface area contributed by atoms with E-state index in [4.69, 9.17) is 4.98 Å². The van der Waals surface area contributed by atoms with Crippen LogP contribution in [-0.2, 0) is 5.41 Å². The average Bonchev–Trinajstić information content (AvgIpc) is 2.85. The molecule has 0 radical (unpaired) electrons. The first-order chi connectivity index (χ1) is 11.3. The molecule has 0 unspecified atom stereocenters. The predicted octanol–water partition coefficient (Wildman–Crippen LogP) is 4.61. The van der Waals surface area contributed by atoms with E-state index in [0.29, 0.717) is 21.8 Å². The fraction of sp³-hybridized carbons (Fsp3) is 0.278. The highest BCUT2D eigenvalue weighted by Gasteiger charge is 2.28. The molecule has 5 nitrogen and oxygen atoms in total. The van der Waals surface area contributed by atoms with Gasteiger partial charge >= 0.3 is 0 Å². The second kappa shape index (κ2) is 6.02. The number of hydrogen-bond donors (Lipinski definition) is 1. The quantitative estimate of drug-likeness (QED) is 0.515. The summed E-state index contributed by atoms with van der Waals surface area (Å²) in [5.74, 6) is 0.587. The Labute approximate surface area is 149 Å². The Morgan fingerprint density at radius 3 is 2.50 bits per heavy atom. The number of hydrogen-bond acceptors (Lipinski definition) is 4. The van der Waals surface area contributed by atoms with Crippen LogP contribution in [0.2, 0.25) is 0 Å². The van der Waals surface area contributed by atoms with E-state index in [2.05, 4.69) is 25.9 Å². The first kappa shape index (κ1) is 16.6. The minimum absolute atomic E-state index is 0.310. The van der Waals surface area contributed by atoms with Gasteiger partial charge in [0.1, 0.15) is 16.0 Å². The third-order valence-corrected chi connectivity index (χ3v) is 4.09. The van der Waals surface area contributed by atoms with Gasteiger partial charge in [0.2, 0.25) is 0 Å². The summed E-state index contributed by atoms with van der Waals surface area (Å²) >= 11 is 3.38. The first-order valence-corrected chi connectivity index (χ1v) is 8.45. The SMILES string of the molecule is Cc1cccc(-c2nc(C(C)(C)C)n(O)c2-c2ccnc(Br)c2)n1. The van der Waals surface area contributed by atoms with Gasteiger partial charge in [0.25, 0.3) is 0 Å². The highest BCUT2D eigenvalue weighted by Crippen LogP contribution is 2.35. The molecule has 0 saturated heterocycles. The Morgan fingerprint density at radius 1 is 1.12 bits per heavy atom. The molecule has 3 heterocycles. The summed E-state index contributed by atoms with van der Waals surface area (Å²) in [5.41, 5.74) is 3.41. The van der Waals surface area contributed by atoms with Crippen LogP contribution in [0.4, 0.5) is 0 Å². The van der Waals surface area contributed by atoms with Crippen molar-refractivity contribution in [1.29, 1.82) is 0 Å². The van der Waals surface area contributed by atoms with Gasteiger partial charge in [-0.2, -0.15) is 4.73 Å². The monoisotopic (exact) mass is 386 g/mol. The first-order valence-electron chi connectivity index (χ1n) is 7.66. The third kappa shape index (κ3) is 3.06. The van der Waals surface area contributed by atoms with Crippen LogP contribution in [0.25, 0.3) is 22.6 Å². The Hall–Kier alpha value is -2.21. The van der Waals surface area contributed by atoms with Crippen molar-refractivity contribution in [1.82, 2.24) is 19.7 Å². The lowest BCUT2D eigenvalue weighted by atomic mass is 9.96. The van der Waals surface area contributed by atoms with Gasteiger partial charge in [0, 0.05) is 22.9 Å². The van der Waals surface area contributed by atoms with E-state index in [1.165, 1.54) is 4.73 Å². The Balaban J connectivity index is 2.32. The number of nitrogens with zero attached hydrogens (tertiary/aromatic N) is 4. The van der Waals surface area contributed by atoms with Gasteiger partial charge in [0.05, 0.1) is 5.69 Å². The summed E-state index contributed by atoms with van der Waals surface area (Å²) in [5, 5.41) is 10.8. The molecule has 0 aromatic carbocycles. The number of imidazole rings is 1. The molecular weight excluding hydrogens is 368 g/mol. The van der Waals surface area contributed by atoms with Crippen molar-refractivity contribution in [2.45, 2.75) is 33.1 Å². The number of halogens is 1. The van der Waals surface area contributed by atoms with Gasteiger partial charge in [-0.3, -0.25) is 4.98 Å². The normalized spacial score (nSPS) is 11.7. The summed E-state index contributed by atoms with van der Waals surface area (Å²) in [7, 11) is 0. The van der Waals surface area contributed by atoms with Gasteiger partial charge in [-0.05, 0) is 47.1 Å². The predicted molar refractivity (Wildman–Crippen MR) is 97.0 cm³/mol. The van der Waals surface area contributed by atoms with Gasteiger partial charge < -0.3 is 5.21 Å². The van der Waals surface area contributed by atoms with Gasteiger partial charge in [-0.1, -0.05) is 26.8 Å². The van der Waals surface area contributed by atoms with Crippen molar-refractivity contribution >= 4 is 15.9 Å². The molecular formula is C18H19BrN4O. The molecule has 6 heteroatoms. The van der Waals surface area contributed by atoms with Crippen molar-refractivity contribution in [3.05, 3.63) is 52.7 Å². The van der Waals surface area contributed by atoms with Crippen LogP contribution >= 0.6 is 15.9 Å². The number of aromatic nitrogens is 4. The molecule has 0 spiro atoms. The van der Waals surface area contributed by atoms with Gasteiger partial charge in [-0.15, -0.1) is 0 Å². The lowest BCUT2D eigenvalue weighted by molar-refractivity contribution is 0.168. The molecule has 3 aromatic rings. The largest absolute Gasteiger partial charge is 0.427 e. The van der Waals surface area contributed by atoms with E-state index >= 15 is 0 Å². The maximum absolute atomic E-state index is 10.8. The zero-order valence-electron chi connectivity index (χ0n) is 14.1. The number of aryl methyl sites for hydroxylation is 1. The molecule has 0 aliphatic carbocycles. The van der Waals surface area contributed by atoms with Crippen LogP contribution in [0, 0.1) is 6.92 Å². The van der Waals surface area contributed by atoms with Crippen LogP contribution < -0.4 is 0 Å². The summed E-state index contributed by atoms with van der Waals surface area (Å²) < 4.78 is 1.86. The van der Waals surface area contributed by atoms with Crippen molar-refractivity contribution in [3.8, 4) is 22.6 Å². The molecule has 0 fully saturated rings. The second-order valence-electron chi connectivity index (χ2n) is 6.73. The van der Waals surface area contributed by atoms with Crippen LogP contribution in [0.1, 0.15) is 32.3 Å². The van der Waals surface area contributed by atoms with E-state index in [-0.39, 0.29) is 5.41 Å². The molecule has 0 bridgehead atoms. The minimum atomic E-state index is -0.310. The topological polar surface area (TPSA) is 63.8 Å². The van der Waals surface area contributed by atoms with Gasteiger partial charge in [-0.25, -0.2) is 9.97 Å². The second-order valence-corrected chi connectivity index (χ2v) is 7.54. The maximum atomic E-state index is 10.8. The summed E-state index contributed by atoms with van der Waals surface area (Å²) in [6.07, 6.45) is 1.69. The molecule has 24 heavy (non-hydrogen) atoms. The molecule has 1 N–H and O–H groups in total. The summed E-state index contributed by atoms with van der Waals surface area (Å²) in [6.45, 7) is 7.98. The minimum Gasteiger partial charge on any atom is -0.427 e. The fourth-order valence-corrected chi connectivity index (χ4v) is 2.92. The lowest BCUT2D eigenvalue weighted by Crippen LogP contribution is -2.18. The van der Waals surface area contributed by atoms with Crippen LogP contribution in [0.15, 0.2) is 41.1 Å². The van der Waals surface area contributed by atoms with Crippen LogP contribution in [0.5, 0.6) is 0 Å². The van der Waals surface area contributed by atoms with Crippen LogP contribution in [0.3, 0.4) is 0 Å². The van der Waals surface area contributed by atoms with Crippen molar-refractivity contribution < 1.29 is 5.21 Å². The van der Waals surface area contributed by atoms with E-state index < -0.39 is 0 Å². The standard InChI is InChI=1S/C18H19BrN4O/c1-11-6-5-7-13(21-11)15-16(12-8-9-20-14(19)10-12)23(24)17(22-15)18(2,3)4/h5-10,24H,1-4H3. The fourth-order valence-electron chi connectivity index (χ4n) is 2.56. The third-order valence-electron chi connectivity index (χ3n) is 3.66. The average molecular weight is 387 g/mol. The molecule has 0 aliphatic heterocycles. The summed E-state index contributed by atoms with van der Waals surface area (Å²) in [4.78, 5) is 13.4. The van der Waals surface area contributed by atoms with E-state index in [1.807, 2.05) is 58.0 Å². The molecule has 0 aliphatic rings. The molecule has 0 atom stereocenters. The molecule has 0 amide bonds. The zero-order valence-corrected chi connectivity index (χ0v) is 15.7.